The third-order valence-corrected chi connectivity index (χ3v) is 5.67. The molecule has 1 N–H and O–H groups in total. The first-order valence-electron chi connectivity index (χ1n) is 7.23. The lowest BCUT2D eigenvalue weighted by Gasteiger charge is -2.05. The Morgan fingerprint density at radius 1 is 1.33 bits per heavy atom. The fraction of sp³-hybridized carbons (Fsp3) is 0.267. The summed E-state index contributed by atoms with van der Waals surface area (Å²) in [6.07, 6.45) is 2.26. The monoisotopic (exact) mass is 402 g/mol. The van der Waals surface area contributed by atoms with Gasteiger partial charge in [0.1, 0.15) is 17.0 Å². The predicted octanol–water partition coefficient (Wildman–Crippen LogP) is 4.45. The third-order valence-electron chi connectivity index (χ3n) is 3.53. The van der Waals surface area contributed by atoms with E-state index in [0.29, 0.717) is 38.3 Å². The Kier molecular flexibility index (Phi) is 5.30. The van der Waals surface area contributed by atoms with E-state index in [9.17, 15) is 4.79 Å². The Hall–Kier alpha value is -1.34. The molecule has 126 valence electrons. The van der Waals surface area contributed by atoms with E-state index in [-0.39, 0.29) is 5.91 Å². The van der Waals surface area contributed by atoms with Gasteiger partial charge in [-0.1, -0.05) is 34.8 Å². The molecule has 24 heavy (non-hydrogen) atoms. The highest BCUT2D eigenvalue weighted by molar-refractivity contribution is 7.21. The van der Waals surface area contributed by atoms with Crippen LogP contribution < -0.4 is 5.32 Å². The molecule has 0 saturated carbocycles. The number of hydrogen-bond acceptors (Lipinski definition) is 4. The molecule has 0 aliphatic rings. The van der Waals surface area contributed by atoms with Crippen LogP contribution in [-0.4, -0.2) is 27.2 Å². The Balaban J connectivity index is 1.74. The highest BCUT2D eigenvalue weighted by Gasteiger charge is 2.19. The lowest BCUT2D eigenvalue weighted by Crippen LogP contribution is -2.26. The number of carbonyl (C=O) groups is 1. The van der Waals surface area contributed by atoms with Crippen LogP contribution >= 0.6 is 46.1 Å². The van der Waals surface area contributed by atoms with E-state index in [2.05, 4.69) is 15.5 Å². The summed E-state index contributed by atoms with van der Waals surface area (Å²) in [5.74, 6) is 0.589. The fourth-order valence-corrected chi connectivity index (χ4v) is 4.66. The van der Waals surface area contributed by atoms with Crippen LogP contribution in [-0.2, 0) is 13.0 Å². The van der Waals surface area contributed by atoms with Crippen LogP contribution in [0.4, 0.5) is 0 Å². The summed E-state index contributed by atoms with van der Waals surface area (Å²) in [7, 11) is 0. The Bertz CT molecular complexity index is 906. The number of fused-ring (bicyclic) bond motifs is 1. The highest BCUT2D eigenvalue weighted by Crippen LogP contribution is 2.41. The zero-order valence-electron chi connectivity index (χ0n) is 12.6. The summed E-state index contributed by atoms with van der Waals surface area (Å²) in [6.45, 7) is 3.24. The normalized spacial score (nSPS) is 11.2. The summed E-state index contributed by atoms with van der Waals surface area (Å²) >= 11 is 19.8. The number of rotatable bonds is 5. The molecule has 0 atom stereocenters. The van der Waals surface area contributed by atoms with Gasteiger partial charge in [0.25, 0.3) is 5.91 Å². The third kappa shape index (κ3) is 3.37. The van der Waals surface area contributed by atoms with E-state index in [1.807, 2.05) is 11.5 Å². The number of thiophene rings is 1. The highest BCUT2D eigenvalue weighted by atomic mass is 35.5. The molecule has 0 saturated heterocycles. The minimum atomic E-state index is -0.240. The van der Waals surface area contributed by atoms with Crippen molar-refractivity contribution in [3.63, 3.8) is 0 Å². The van der Waals surface area contributed by atoms with Crippen LogP contribution in [0.2, 0.25) is 15.1 Å². The maximum atomic E-state index is 12.4. The van der Waals surface area contributed by atoms with Crippen LogP contribution in [0.5, 0.6) is 0 Å². The van der Waals surface area contributed by atoms with Crippen molar-refractivity contribution in [2.45, 2.75) is 19.9 Å². The Morgan fingerprint density at radius 3 is 2.88 bits per heavy atom. The second-order valence-electron chi connectivity index (χ2n) is 5.05. The number of amides is 1. The van der Waals surface area contributed by atoms with Gasteiger partial charge in [-0.15, -0.1) is 21.5 Å². The number of aryl methyl sites for hydroxylation is 1. The molecule has 2 heterocycles. The average Bonchev–Trinajstić information content (AvgIpc) is 3.11. The molecular weight excluding hydrogens is 391 g/mol. The van der Waals surface area contributed by atoms with Gasteiger partial charge in [-0.05, 0) is 19.1 Å². The number of benzene rings is 1. The van der Waals surface area contributed by atoms with Gasteiger partial charge >= 0.3 is 0 Å². The average molecular weight is 404 g/mol. The molecule has 1 aromatic carbocycles. The van der Waals surface area contributed by atoms with E-state index in [4.69, 9.17) is 34.8 Å². The van der Waals surface area contributed by atoms with E-state index in [0.717, 1.165) is 17.1 Å². The first-order chi connectivity index (χ1) is 11.5. The van der Waals surface area contributed by atoms with Crippen molar-refractivity contribution in [3.05, 3.63) is 44.2 Å². The largest absolute Gasteiger partial charge is 0.351 e. The van der Waals surface area contributed by atoms with Crippen molar-refractivity contribution < 1.29 is 4.79 Å². The number of carbonyl (C=O) groups excluding carboxylic acids is 1. The van der Waals surface area contributed by atoms with Crippen LogP contribution in [0, 0.1) is 0 Å². The molecule has 3 aromatic rings. The number of nitrogens with one attached hydrogen (secondary N) is 1. The number of nitrogens with zero attached hydrogens (tertiary/aromatic N) is 3. The smallest absolute Gasteiger partial charge is 0.262 e. The van der Waals surface area contributed by atoms with Crippen LogP contribution in [0.1, 0.15) is 22.4 Å². The lowest BCUT2D eigenvalue weighted by atomic mass is 10.2. The molecular formula is C15H13Cl3N4OS. The van der Waals surface area contributed by atoms with Gasteiger partial charge in [-0.2, -0.15) is 0 Å². The van der Waals surface area contributed by atoms with Gasteiger partial charge < -0.3 is 9.88 Å². The summed E-state index contributed by atoms with van der Waals surface area (Å²) < 4.78 is 2.72. The molecule has 0 spiro atoms. The van der Waals surface area contributed by atoms with Gasteiger partial charge in [0, 0.05) is 34.6 Å². The molecule has 0 fully saturated rings. The van der Waals surface area contributed by atoms with E-state index < -0.39 is 0 Å². The second-order valence-corrected chi connectivity index (χ2v) is 7.32. The quantitative estimate of drug-likeness (QED) is 0.685. The number of hydrogen-bond donors (Lipinski definition) is 1. The first-order valence-corrected chi connectivity index (χ1v) is 9.18. The molecule has 3 rings (SSSR count). The molecule has 0 aliphatic heterocycles. The predicted molar refractivity (Wildman–Crippen MR) is 98.6 cm³/mol. The van der Waals surface area contributed by atoms with Crippen molar-refractivity contribution in [2.75, 3.05) is 6.54 Å². The summed E-state index contributed by atoms with van der Waals surface area (Å²) in [4.78, 5) is 12.8. The minimum absolute atomic E-state index is 0.240. The van der Waals surface area contributed by atoms with Crippen molar-refractivity contribution in [3.8, 4) is 0 Å². The maximum Gasteiger partial charge on any atom is 0.262 e. The second kappa shape index (κ2) is 7.27. The van der Waals surface area contributed by atoms with Gasteiger partial charge in [-0.3, -0.25) is 4.79 Å². The lowest BCUT2D eigenvalue weighted by molar-refractivity contribution is 0.0958. The first kappa shape index (κ1) is 17.5. The molecule has 2 aromatic heterocycles. The molecule has 0 bridgehead atoms. The summed E-state index contributed by atoms with van der Waals surface area (Å²) in [5, 5.41) is 12.7. The zero-order chi connectivity index (χ0) is 17.3. The van der Waals surface area contributed by atoms with Gasteiger partial charge in [0.05, 0.1) is 10.0 Å². The number of aromatic nitrogens is 3. The van der Waals surface area contributed by atoms with Crippen molar-refractivity contribution in [2.24, 2.45) is 0 Å². The molecule has 0 unspecified atom stereocenters. The Labute approximate surface area is 157 Å². The van der Waals surface area contributed by atoms with Gasteiger partial charge in [-0.25, -0.2) is 0 Å². The fourth-order valence-electron chi connectivity index (χ4n) is 2.36. The maximum absolute atomic E-state index is 12.4. The van der Waals surface area contributed by atoms with Gasteiger partial charge in [0.2, 0.25) is 0 Å². The van der Waals surface area contributed by atoms with Crippen LogP contribution in [0.3, 0.4) is 0 Å². The molecule has 9 heteroatoms. The van der Waals surface area contributed by atoms with Crippen LogP contribution in [0.25, 0.3) is 10.1 Å². The van der Waals surface area contributed by atoms with Crippen molar-refractivity contribution in [1.29, 1.82) is 0 Å². The SMILES string of the molecule is CCn1cnnc1CCNC(=O)c1sc2cc(Cl)cc(Cl)c2c1Cl. The molecule has 1 amide bonds. The zero-order valence-corrected chi connectivity index (χ0v) is 15.7. The summed E-state index contributed by atoms with van der Waals surface area (Å²) in [5.41, 5.74) is 0. The standard InChI is InChI=1S/C15H13Cl3N4OS/c1-2-22-7-20-21-11(22)3-4-19-15(23)14-13(18)12-9(17)5-8(16)6-10(12)24-14/h5-7H,2-4H2,1H3,(H,19,23). The van der Waals surface area contributed by atoms with Gasteiger partial charge in [0.15, 0.2) is 0 Å². The number of halogens is 3. The molecule has 0 radical (unpaired) electrons. The van der Waals surface area contributed by atoms with E-state index in [1.54, 1.807) is 18.5 Å². The topological polar surface area (TPSA) is 59.8 Å². The van der Waals surface area contributed by atoms with Crippen LogP contribution in [0.15, 0.2) is 18.5 Å². The van der Waals surface area contributed by atoms with E-state index >= 15 is 0 Å². The molecule has 0 aliphatic carbocycles. The minimum Gasteiger partial charge on any atom is -0.351 e. The van der Waals surface area contributed by atoms with Crippen molar-refractivity contribution >= 4 is 62.1 Å². The van der Waals surface area contributed by atoms with Crippen molar-refractivity contribution in [1.82, 2.24) is 20.1 Å². The Morgan fingerprint density at radius 2 is 2.12 bits per heavy atom. The van der Waals surface area contributed by atoms with E-state index in [1.165, 1.54) is 11.3 Å². The molecule has 5 nitrogen and oxygen atoms in total. The summed E-state index contributed by atoms with van der Waals surface area (Å²) in [6, 6.07) is 3.36.